The molecule has 2 N–H and O–H groups in total. The Bertz CT molecular complexity index is 858. The number of morpholine rings is 1. The molecule has 25 heavy (non-hydrogen) atoms. The molecular weight excluding hydrogens is 318 g/mol. The molecule has 7 heteroatoms. The molecule has 0 amide bonds. The Hall–Kier alpha value is -2.80. The number of imidazole rings is 1. The molecule has 130 valence electrons. The van der Waals surface area contributed by atoms with Crippen molar-refractivity contribution in [3.8, 4) is 5.88 Å². The van der Waals surface area contributed by atoms with Gasteiger partial charge >= 0.3 is 0 Å². The maximum Gasteiger partial charge on any atom is 0.217 e. The largest absolute Gasteiger partial charge is 0.477 e. The molecule has 3 aromatic rings. The molecule has 3 aromatic heterocycles. The fourth-order valence-electron chi connectivity index (χ4n) is 3.02. The van der Waals surface area contributed by atoms with Gasteiger partial charge < -0.3 is 24.5 Å². The van der Waals surface area contributed by atoms with Crippen LogP contribution >= 0.6 is 0 Å². The Kier molecular flexibility index (Phi) is 4.39. The summed E-state index contributed by atoms with van der Waals surface area (Å²) in [5.41, 5.74) is 9.02. The van der Waals surface area contributed by atoms with E-state index in [-0.39, 0.29) is 0 Å². The minimum Gasteiger partial charge on any atom is -0.477 e. The Morgan fingerprint density at radius 3 is 2.96 bits per heavy atom. The monoisotopic (exact) mass is 339 g/mol. The summed E-state index contributed by atoms with van der Waals surface area (Å²) >= 11 is 0. The predicted octanol–water partition coefficient (Wildman–Crippen LogP) is 1.77. The zero-order valence-corrected chi connectivity index (χ0v) is 14.0. The first-order valence-electron chi connectivity index (χ1n) is 8.43. The summed E-state index contributed by atoms with van der Waals surface area (Å²) in [4.78, 5) is 10.9. The van der Waals surface area contributed by atoms with Gasteiger partial charge in [-0.25, -0.2) is 4.98 Å². The van der Waals surface area contributed by atoms with Crippen molar-refractivity contribution in [1.29, 1.82) is 0 Å². The molecule has 4 heterocycles. The summed E-state index contributed by atoms with van der Waals surface area (Å²) in [7, 11) is 0. The van der Waals surface area contributed by atoms with Gasteiger partial charge in [-0.1, -0.05) is 6.07 Å². The molecule has 1 saturated heterocycles. The van der Waals surface area contributed by atoms with Gasteiger partial charge in [-0.05, 0) is 12.1 Å². The lowest BCUT2D eigenvalue weighted by atomic mass is 10.3. The second-order valence-electron chi connectivity index (χ2n) is 5.96. The molecule has 0 saturated carbocycles. The fourth-order valence-corrected chi connectivity index (χ4v) is 3.02. The molecule has 7 nitrogen and oxygen atoms in total. The highest BCUT2D eigenvalue weighted by Gasteiger charge is 2.13. The van der Waals surface area contributed by atoms with Crippen LogP contribution in [0.1, 0.15) is 5.69 Å². The van der Waals surface area contributed by atoms with Gasteiger partial charge in [0.05, 0.1) is 19.8 Å². The molecule has 0 aliphatic carbocycles. The van der Waals surface area contributed by atoms with Crippen LogP contribution in [0, 0.1) is 0 Å². The molecule has 0 spiro atoms. The Morgan fingerprint density at radius 2 is 2.08 bits per heavy atom. The van der Waals surface area contributed by atoms with E-state index in [1.165, 1.54) is 0 Å². The van der Waals surface area contributed by atoms with Gasteiger partial charge in [-0.3, -0.25) is 0 Å². The lowest BCUT2D eigenvalue weighted by Gasteiger charge is -2.29. The van der Waals surface area contributed by atoms with Crippen molar-refractivity contribution in [2.45, 2.75) is 6.42 Å². The lowest BCUT2D eigenvalue weighted by molar-refractivity contribution is 0.122. The Labute approximate surface area is 146 Å². The summed E-state index contributed by atoms with van der Waals surface area (Å²) < 4.78 is 13.3. The number of anilines is 2. The summed E-state index contributed by atoms with van der Waals surface area (Å²) in [6, 6.07) is 9.77. The van der Waals surface area contributed by atoms with E-state index in [1.807, 2.05) is 42.7 Å². The Balaban J connectivity index is 1.43. The smallest absolute Gasteiger partial charge is 0.217 e. The van der Waals surface area contributed by atoms with E-state index in [1.54, 1.807) is 0 Å². The molecule has 0 atom stereocenters. The molecule has 0 radical (unpaired) electrons. The van der Waals surface area contributed by atoms with E-state index < -0.39 is 0 Å². The van der Waals surface area contributed by atoms with Gasteiger partial charge in [0.1, 0.15) is 11.5 Å². The number of nitrogens with zero attached hydrogens (tertiary/aromatic N) is 4. The molecule has 1 aliphatic rings. The average Bonchev–Trinajstić information content (AvgIpc) is 3.05. The van der Waals surface area contributed by atoms with Crippen LogP contribution in [0.25, 0.3) is 5.65 Å². The van der Waals surface area contributed by atoms with Crippen LogP contribution in [-0.2, 0) is 11.2 Å². The van der Waals surface area contributed by atoms with E-state index in [9.17, 15) is 0 Å². The van der Waals surface area contributed by atoms with Gasteiger partial charge in [0, 0.05) is 55.4 Å². The van der Waals surface area contributed by atoms with E-state index in [4.69, 9.17) is 15.2 Å². The van der Waals surface area contributed by atoms with Crippen LogP contribution in [0.5, 0.6) is 5.88 Å². The highest BCUT2D eigenvalue weighted by atomic mass is 16.5. The first-order chi connectivity index (χ1) is 12.3. The van der Waals surface area contributed by atoms with Crippen molar-refractivity contribution in [1.82, 2.24) is 14.4 Å². The van der Waals surface area contributed by atoms with E-state index >= 15 is 0 Å². The van der Waals surface area contributed by atoms with Crippen LogP contribution in [0.2, 0.25) is 0 Å². The van der Waals surface area contributed by atoms with Crippen LogP contribution in [-0.4, -0.2) is 47.3 Å². The van der Waals surface area contributed by atoms with Gasteiger partial charge in [0.25, 0.3) is 0 Å². The zero-order chi connectivity index (χ0) is 17.1. The van der Waals surface area contributed by atoms with Crippen LogP contribution in [0.15, 0.2) is 42.7 Å². The number of hydrogen-bond acceptors (Lipinski definition) is 6. The number of aromatic nitrogens is 3. The molecule has 0 aromatic carbocycles. The zero-order valence-electron chi connectivity index (χ0n) is 14.0. The maximum absolute atomic E-state index is 5.94. The van der Waals surface area contributed by atoms with Gasteiger partial charge in [-0.2, -0.15) is 4.98 Å². The second kappa shape index (κ2) is 6.98. The third-order valence-corrected chi connectivity index (χ3v) is 4.28. The number of nitrogen functional groups attached to an aromatic ring is 1. The summed E-state index contributed by atoms with van der Waals surface area (Å²) in [6.45, 7) is 3.68. The molecule has 4 rings (SSSR count). The van der Waals surface area contributed by atoms with E-state index in [0.29, 0.717) is 18.3 Å². The predicted molar refractivity (Wildman–Crippen MR) is 96.1 cm³/mol. The molecule has 0 unspecified atom stereocenters. The lowest BCUT2D eigenvalue weighted by Crippen LogP contribution is -2.36. The first kappa shape index (κ1) is 15.7. The summed E-state index contributed by atoms with van der Waals surface area (Å²) in [5.74, 6) is 1.02. The van der Waals surface area contributed by atoms with Gasteiger partial charge in [0.2, 0.25) is 5.88 Å². The third-order valence-electron chi connectivity index (χ3n) is 4.28. The van der Waals surface area contributed by atoms with Crippen LogP contribution in [0.3, 0.4) is 0 Å². The average molecular weight is 339 g/mol. The third kappa shape index (κ3) is 3.51. The molecular formula is C18H21N5O2. The van der Waals surface area contributed by atoms with Crippen molar-refractivity contribution in [3.63, 3.8) is 0 Å². The molecule has 1 aliphatic heterocycles. The number of ether oxygens (including phenoxy) is 2. The van der Waals surface area contributed by atoms with Crippen LogP contribution < -0.4 is 15.4 Å². The molecule has 1 fully saturated rings. The van der Waals surface area contributed by atoms with E-state index in [0.717, 1.165) is 49.8 Å². The standard InChI is InChI=1S/C18H21N5O2/c19-16-11-15(22-6-9-24-10-7-22)12-18(21-16)25-8-4-14-13-20-17-3-1-2-5-23(14)17/h1-3,5,11-13H,4,6-10H2,(H2,19,21). The normalized spacial score (nSPS) is 14.8. The quantitative estimate of drug-likeness (QED) is 0.763. The fraction of sp³-hybridized carbons (Fsp3) is 0.333. The SMILES string of the molecule is Nc1cc(N2CCOCC2)cc(OCCc2cnc3ccccn23)n1. The first-order valence-corrected chi connectivity index (χ1v) is 8.43. The maximum atomic E-state index is 5.94. The van der Waals surface area contributed by atoms with Gasteiger partial charge in [-0.15, -0.1) is 0 Å². The summed E-state index contributed by atoms with van der Waals surface area (Å²) in [5, 5.41) is 0. The number of nitrogens with two attached hydrogens (primary N) is 1. The highest BCUT2D eigenvalue weighted by molar-refractivity contribution is 5.55. The van der Waals surface area contributed by atoms with Crippen molar-refractivity contribution < 1.29 is 9.47 Å². The van der Waals surface area contributed by atoms with Crippen LogP contribution in [0.4, 0.5) is 11.5 Å². The number of rotatable bonds is 5. The van der Waals surface area contributed by atoms with Crippen molar-refractivity contribution in [3.05, 3.63) is 48.4 Å². The second-order valence-corrected chi connectivity index (χ2v) is 5.96. The van der Waals surface area contributed by atoms with E-state index in [2.05, 4.69) is 19.3 Å². The van der Waals surface area contributed by atoms with Crippen molar-refractivity contribution in [2.24, 2.45) is 0 Å². The minimum absolute atomic E-state index is 0.466. The Morgan fingerprint density at radius 1 is 1.20 bits per heavy atom. The minimum atomic E-state index is 0.466. The highest BCUT2D eigenvalue weighted by Crippen LogP contribution is 2.23. The number of hydrogen-bond donors (Lipinski definition) is 1. The summed E-state index contributed by atoms with van der Waals surface area (Å²) in [6.07, 6.45) is 4.63. The van der Waals surface area contributed by atoms with Crippen molar-refractivity contribution >= 4 is 17.2 Å². The number of fused-ring (bicyclic) bond motifs is 1. The van der Waals surface area contributed by atoms with Gasteiger partial charge in [0.15, 0.2) is 0 Å². The number of pyridine rings is 2. The topological polar surface area (TPSA) is 77.9 Å². The van der Waals surface area contributed by atoms with Crippen molar-refractivity contribution in [2.75, 3.05) is 43.5 Å². The molecule has 0 bridgehead atoms.